The van der Waals surface area contributed by atoms with E-state index >= 15 is 0 Å². The molecule has 0 N–H and O–H groups in total. The van der Waals surface area contributed by atoms with Crippen molar-refractivity contribution in [3.8, 4) is 0 Å². The van der Waals surface area contributed by atoms with E-state index in [1.165, 1.54) is 0 Å². The lowest BCUT2D eigenvalue weighted by Gasteiger charge is -2.41. The molecule has 1 saturated heterocycles. The van der Waals surface area contributed by atoms with Crippen molar-refractivity contribution in [2.45, 2.75) is 95.0 Å². The Balaban J connectivity index is 1.78. The summed E-state index contributed by atoms with van der Waals surface area (Å²) in [5, 5.41) is -0.586. The van der Waals surface area contributed by atoms with Gasteiger partial charge in [-0.25, -0.2) is 8.42 Å². The number of nitrogens with zero attached hydrogens (tertiary/aromatic N) is 1. The molecule has 1 aliphatic heterocycles. The fraction of sp³-hybridized carbons (Fsp3) is 0.708. The Morgan fingerprint density at radius 2 is 1.31 bits per heavy atom. The highest BCUT2D eigenvalue weighted by atomic mass is 32.2. The maximum atomic E-state index is 13.2. The number of hydrogen-bond acceptors (Lipinski definition) is 3. The van der Waals surface area contributed by atoms with Crippen molar-refractivity contribution in [3.63, 3.8) is 0 Å². The number of sulfone groups is 1. The molecule has 0 bridgehead atoms. The highest BCUT2D eigenvalue weighted by molar-refractivity contribution is 7.92. The van der Waals surface area contributed by atoms with Crippen molar-refractivity contribution in [1.82, 2.24) is 4.90 Å². The third kappa shape index (κ3) is 4.70. The lowest BCUT2D eigenvalue weighted by Crippen LogP contribution is -2.58. The molecule has 1 aliphatic carbocycles. The quantitative estimate of drug-likeness (QED) is 0.703. The molecule has 3 rings (SSSR count). The van der Waals surface area contributed by atoms with E-state index in [1.807, 2.05) is 12.1 Å². The van der Waals surface area contributed by atoms with Gasteiger partial charge >= 0.3 is 0 Å². The van der Waals surface area contributed by atoms with Crippen LogP contribution < -0.4 is 0 Å². The number of benzene rings is 1. The molecular formula is C24H37NO3S. The van der Waals surface area contributed by atoms with Crippen LogP contribution in [0.25, 0.3) is 0 Å². The SMILES string of the molecule is CC(C)(C)c1cc(C(=O)N2CC(S(=O)(=O)C3CCCCC3)C2)cc(C(C)(C)C)c1. The maximum Gasteiger partial charge on any atom is 0.253 e. The molecule has 162 valence electrons. The Kier molecular flexibility index (Phi) is 5.94. The lowest BCUT2D eigenvalue weighted by atomic mass is 9.79. The van der Waals surface area contributed by atoms with Crippen LogP contribution in [0.5, 0.6) is 0 Å². The third-order valence-electron chi connectivity index (χ3n) is 6.53. The predicted octanol–water partition coefficient (Wildman–Crippen LogP) is 4.85. The summed E-state index contributed by atoms with van der Waals surface area (Å²) in [6.07, 6.45) is 4.73. The number of hydrogen-bond donors (Lipinski definition) is 0. The van der Waals surface area contributed by atoms with Crippen molar-refractivity contribution < 1.29 is 13.2 Å². The Morgan fingerprint density at radius 1 is 0.828 bits per heavy atom. The van der Waals surface area contributed by atoms with E-state index < -0.39 is 9.84 Å². The highest BCUT2D eigenvalue weighted by Gasteiger charge is 2.44. The van der Waals surface area contributed by atoms with E-state index in [1.54, 1.807) is 4.90 Å². The zero-order chi connectivity index (χ0) is 21.6. The van der Waals surface area contributed by atoms with Gasteiger partial charge in [-0.2, -0.15) is 0 Å². The Labute approximate surface area is 177 Å². The third-order valence-corrected chi connectivity index (χ3v) is 9.16. The van der Waals surface area contributed by atoms with Gasteiger partial charge < -0.3 is 4.90 Å². The summed E-state index contributed by atoms with van der Waals surface area (Å²) in [4.78, 5) is 14.9. The van der Waals surface area contributed by atoms with Crippen molar-refractivity contribution in [2.75, 3.05) is 13.1 Å². The summed E-state index contributed by atoms with van der Waals surface area (Å²) < 4.78 is 25.8. The molecule has 1 amide bonds. The van der Waals surface area contributed by atoms with E-state index in [-0.39, 0.29) is 27.2 Å². The lowest BCUT2D eigenvalue weighted by molar-refractivity contribution is 0.0657. The van der Waals surface area contributed by atoms with Crippen LogP contribution >= 0.6 is 0 Å². The van der Waals surface area contributed by atoms with Gasteiger partial charge in [0, 0.05) is 18.7 Å². The number of amides is 1. The topological polar surface area (TPSA) is 54.5 Å². The maximum absolute atomic E-state index is 13.2. The van der Waals surface area contributed by atoms with Gasteiger partial charge in [0.25, 0.3) is 5.91 Å². The molecule has 1 heterocycles. The molecule has 0 aromatic heterocycles. The van der Waals surface area contributed by atoms with E-state index in [9.17, 15) is 13.2 Å². The van der Waals surface area contributed by atoms with E-state index in [0.29, 0.717) is 18.7 Å². The zero-order valence-electron chi connectivity index (χ0n) is 18.9. The normalized spacial score (nSPS) is 19.9. The molecule has 1 saturated carbocycles. The van der Waals surface area contributed by atoms with Gasteiger partial charge in [0.05, 0.1) is 10.5 Å². The Hall–Kier alpha value is -1.36. The molecule has 29 heavy (non-hydrogen) atoms. The van der Waals surface area contributed by atoms with Crippen LogP contribution in [0.15, 0.2) is 18.2 Å². The molecule has 1 aromatic carbocycles. The predicted molar refractivity (Wildman–Crippen MR) is 119 cm³/mol. The van der Waals surface area contributed by atoms with Gasteiger partial charge in [0.2, 0.25) is 0 Å². The first-order valence-corrected chi connectivity index (χ1v) is 12.6. The average Bonchev–Trinajstić information content (AvgIpc) is 2.59. The summed E-state index contributed by atoms with van der Waals surface area (Å²) in [5.41, 5.74) is 2.84. The van der Waals surface area contributed by atoms with E-state index in [2.05, 4.69) is 47.6 Å². The van der Waals surface area contributed by atoms with E-state index in [0.717, 1.165) is 43.2 Å². The minimum absolute atomic E-state index is 0.0447. The molecule has 5 heteroatoms. The molecular weight excluding hydrogens is 382 g/mol. The van der Waals surface area contributed by atoms with Crippen molar-refractivity contribution in [1.29, 1.82) is 0 Å². The number of carbonyl (C=O) groups is 1. The van der Waals surface area contributed by atoms with Gasteiger partial charge in [-0.1, -0.05) is 66.9 Å². The van der Waals surface area contributed by atoms with Crippen molar-refractivity contribution in [2.24, 2.45) is 0 Å². The van der Waals surface area contributed by atoms with Crippen molar-refractivity contribution in [3.05, 3.63) is 34.9 Å². The number of carbonyl (C=O) groups excluding carboxylic acids is 1. The van der Waals surface area contributed by atoms with Crippen molar-refractivity contribution >= 4 is 15.7 Å². The van der Waals surface area contributed by atoms with Gasteiger partial charge in [0.1, 0.15) is 0 Å². The molecule has 2 aliphatic rings. The monoisotopic (exact) mass is 419 g/mol. The molecule has 0 atom stereocenters. The second-order valence-corrected chi connectivity index (χ2v) is 13.5. The van der Waals surface area contributed by atoms with Gasteiger partial charge in [-0.05, 0) is 46.9 Å². The summed E-state index contributed by atoms with van der Waals surface area (Å²) in [5.74, 6) is -0.0447. The fourth-order valence-corrected chi connectivity index (χ4v) is 6.59. The van der Waals surface area contributed by atoms with Crippen LogP contribution in [0.2, 0.25) is 0 Å². The molecule has 0 unspecified atom stereocenters. The van der Waals surface area contributed by atoms with Crippen LogP contribution in [0.3, 0.4) is 0 Å². The second kappa shape index (κ2) is 7.72. The first-order valence-electron chi connectivity index (χ1n) is 11.0. The number of likely N-dealkylation sites (tertiary alicyclic amines) is 1. The summed E-state index contributed by atoms with van der Waals surface area (Å²) in [6, 6.07) is 6.17. The molecule has 0 radical (unpaired) electrons. The molecule has 4 nitrogen and oxygen atoms in total. The second-order valence-electron chi connectivity index (χ2n) is 11.0. The van der Waals surface area contributed by atoms with Crippen LogP contribution in [-0.4, -0.2) is 42.8 Å². The standard InChI is InChI=1S/C24H37NO3S/c1-23(2,3)18-12-17(13-19(14-18)24(4,5)6)22(26)25-15-21(16-25)29(27,28)20-10-8-7-9-11-20/h12-14,20-21H,7-11,15-16H2,1-6H3. The Morgan fingerprint density at radius 3 is 1.76 bits per heavy atom. The fourth-order valence-electron chi connectivity index (χ4n) is 4.28. The van der Waals surface area contributed by atoms with Gasteiger partial charge in [0.15, 0.2) is 9.84 Å². The van der Waals surface area contributed by atoms with Gasteiger partial charge in [-0.3, -0.25) is 4.79 Å². The first kappa shape index (κ1) is 22.3. The smallest absolute Gasteiger partial charge is 0.253 e. The van der Waals surface area contributed by atoms with Gasteiger partial charge in [-0.15, -0.1) is 0 Å². The molecule has 0 spiro atoms. The molecule has 2 fully saturated rings. The zero-order valence-corrected chi connectivity index (χ0v) is 19.7. The van der Waals surface area contributed by atoms with E-state index in [4.69, 9.17) is 0 Å². The molecule has 1 aromatic rings. The van der Waals surface area contributed by atoms with Crippen LogP contribution in [0.1, 0.15) is 95.1 Å². The van der Waals surface area contributed by atoms with Crippen LogP contribution in [0, 0.1) is 0 Å². The largest absolute Gasteiger partial charge is 0.336 e. The summed E-state index contributed by atoms with van der Waals surface area (Å²) in [7, 11) is -3.13. The highest BCUT2D eigenvalue weighted by Crippen LogP contribution is 2.33. The van der Waals surface area contributed by atoms with Crippen LogP contribution in [0.4, 0.5) is 0 Å². The summed E-state index contributed by atoms with van der Waals surface area (Å²) >= 11 is 0. The minimum atomic E-state index is -3.13. The Bertz CT molecular complexity index is 830. The number of rotatable bonds is 3. The summed E-state index contributed by atoms with van der Waals surface area (Å²) in [6.45, 7) is 13.6. The first-order chi connectivity index (χ1) is 13.3. The minimum Gasteiger partial charge on any atom is -0.336 e. The van der Waals surface area contributed by atoms with Crippen LogP contribution in [-0.2, 0) is 20.7 Å². The average molecular weight is 420 g/mol.